The highest BCUT2D eigenvalue weighted by Gasteiger charge is 2.14. The molecule has 0 saturated carbocycles. The number of tetrazole rings is 1. The summed E-state index contributed by atoms with van der Waals surface area (Å²) in [7, 11) is 1.54. The van der Waals surface area contributed by atoms with E-state index >= 15 is 0 Å². The quantitative estimate of drug-likeness (QED) is 0.443. The van der Waals surface area contributed by atoms with Crippen molar-refractivity contribution in [3.8, 4) is 5.69 Å². The van der Waals surface area contributed by atoms with Crippen molar-refractivity contribution in [2.24, 2.45) is 17.3 Å². The zero-order valence-electron chi connectivity index (χ0n) is 15.6. The number of rotatable bonds is 6. The van der Waals surface area contributed by atoms with Crippen LogP contribution in [0, 0.1) is 6.92 Å². The van der Waals surface area contributed by atoms with Crippen LogP contribution in [0.2, 0.25) is 0 Å². The van der Waals surface area contributed by atoms with Crippen LogP contribution < -0.4 is 5.69 Å². The normalized spacial score (nSPS) is 12.3. The van der Waals surface area contributed by atoms with Gasteiger partial charge in [-0.1, -0.05) is 19.1 Å². The fraction of sp³-hybridized carbons (Fsp3) is 0.412. The topological polar surface area (TPSA) is 104 Å². The lowest BCUT2D eigenvalue weighted by molar-refractivity contribution is -0.111. The summed E-state index contributed by atoms with van der Waals surface area (Å²) in [6, 6.07) is 5.54. The maximum Gasteiger partial charge on any atom is 0.368 e. The Kier molecular flexibility index (Phi) is 6.16. The zero-order chi connectivity index (χ0) is 19.3. The van der Waals surface area contributed by atoms with Gasteiger partial charge in [-0.2, -0.15) is 9.36 Å². The summed E-state index contributed by atoms with van der Waals surface area (Å²) in [4.78, 5) is 23.4. The molecule has 0 radical (unpaired) electrons. The van der Waals surface area contributed by atoms with Crippen LogP contribution in [0.3, 0.4) is 0 Å². The molecule has 0 aliphatic heterocycles. The fourth-order valence-electron chi connectivity index (χ4n) is 2.10. The van der Waals surface area contributed by atoms with Gasteiger partial charge in [-0.25, -0.2) is 4.79 Å². The maximum atomic E-state index is 12.2. The molecular formula is C17H22N6O3. The van der Waals surface area contributed by atoms with Crippen molar-refractivity contribution < 1.29 is 9.53 Å². The van der Waals surface area contributed by atoms with E-state index in [0.29, 0.717) is 23.7 Å². The highest BCUT2D eigenvalue weighted by Crippen LogP contribution is 2.18. The molecule has 0 N–H and O–H groups in total. The summed E-state index contributed by atoms with van der Waals surface area (Å²) in [6.45, 7) is 7.01. The Morgan fingerprint density at radius 3 is 2.54 bits per heavy atom. The van der Waals surface area contributed by atoms with E-state index in [2.05, 4.69) is 20.6 Å². The molecule has 26 heavy (non-hydrogen) atoms. The molecule has 2 aromatic rings. The number of Topliss-reactive ketones (excluding diaryl/α,β-unsaturated/α-hetero) is 1. The Hall–Kier alpha value is -3.10. The van der Waals surface area contributed by atoms with E-state index in [1.165, 1.54) is 18.7 Å². The molecule has 0 spiro atoms. The minimum atomic E-state index is -0.345. The minimum Gasteiger partial charge on any atom is -0.475 e. The molecule has 0 atom stereocenters. The molecule has 0 aliphatic carbocycles. The second-order valence-corrected chi connectivity index (χ2v) is 5.75. The molecule has 0 saturated heterocycles. The largest absolute Gasteiger partial charge is 0.475 e. The summed E-state index contributed by atoms with van der Waals surface area (Å²) in [5.74, 6) is 0.249. The molecule has 9 heteroatoms. The lowest BCUT2D eigenvalue weighted by atomic mass is 10.1. The van der Waals surface area contributed by atoms with Crippen molar-refractivity contribution in [1.82, 2.24) is 19.8 Å². The fourth-order valence-corrected chi connectivity index (χ4v) is 2.10. The molecule has 138 valence electrons. The van der Waals surface area contributed by atoms with Crippen LogP contribution >= 0.6 is 0 Å². The highest BCUT2D eigenvalue weighted by molar-refractivity contribution is 6.37. The van der Waals surface area contributed by atoms with Crippen molar-refractivity contribution >= 4 is 17.4 Å². The summed E-state index contributed by atoms with van der Waals surface area (Å²) < 4.78 is 8.14. The lowest BCUT2D eigenvalue weighted by Gasteiger charge is -2.13. The first-order chi connectivity index (χ1) is 12.3. The van der Waals surface area contributed by atoms with Crippen LogP contribution in [0.5, 0.6) is 0 Å². The smallest absolute Gasteiger partial charge is 0.368 e. The molecule has 1 aromatic carbocycles. The van der Waals surface area contributed by atoms with E-state index in [1.54, 1.807) is 13.0 Å². The molecule has 0 aliphatic rings. The average molecular weight is 358 g/mol. The van der Waals surface area contributed by atoms with Gasteiger partial charge >= 0.3 is 5.69 Å². The van der Waals surface area contributed by atoms with Crippen molar-refractivity contribution in [2.45, 2.75) is 40.7 Å². The van der Waals surface area contributed by atoms with Gasteiger partial charge in [0.1, 0.15) is 12.3 Å². The zero-order valence-corrected chi connectivity index (χ0v) is 15.6. The van der Waals surface area contributed by atoms with Gasteiger partial charge in [-0.3, -0.25) is 4.79 Å². The third kappa shape index (κ3) is 4.29. The van der Waals surface area contributed by atoms with E-state index in [4.69, 9.17) is 4.74 Å². The van der Waals surface area contributed by atoms with Crippen molar-refractivity contribution in [1.29, 1.82) is 0 Å². The van der Waals surface area contributed by atoms with Gasteiger partial charge < -0.3 is 4.74 Å². The molecule has 1 aromatic heterocycles. The molecule has 0 fully saturated rings. The molecule has 0 unspecified atom stereocenters. The van der Waals surface area contributed by atoms with Gasteiger partial charge in [-0.05, 0) is 35.9 Å². The van der Waals surface area contributed by atoms with Crippen molar-refractivity contribution in [3.05, 3.63) is 39.8 Å². The maximum absolute atomic E-state index is 12.2. The minimum absolute atomic E-state index is 0.146. The van der Waals surface area contributed by atoms with Gasteiger partial charge in [0.15, 0.2) is 5.78 Å². The first-order valence-electron chi connectivity index (χ1n) is 8.17. The number of hydrogen-bond acceptors (Lipinski definition) is 7. The number of benzene rings is 1. The van der Waals surface area contributed by atoms with E-state index in [9.17, 15) is 9.59 Å². The third-order valence-corrected chi connectivity index (χ3v) is 3.84. The van der Waals surface area contributed by atoms with E-state index in [0.717, 1.165) is 15.8 Å². The van der Waals surface area contributed by atoms with Gasteiger partial charge in [-0.15, -0.1) is 10.2 Å². The molecule has 1 heterocycles. The van der Waals surface area contributed by atoms with Crippen molar-refractivity contribution in [3.63, 3.8) is 0 Å². The standard InChI is InChI=1S/C17H22N6O3/c1-6-16(19-18-12(3)13(4)24)26-10-14-11(2)8-7-9-15(14)23-17(25)22(5)20-21-23/h7-9H,6,10H2,1-5H3/b18-12?,19-16+. The van der Waals surface area contributed by atoms with Crippen LogP contribution in [-0.4, -0.2) is 37.2 Å². The number of hydrogen-bond donors (Lipinski definition) is 0. The highest BCUT2D eigenvalue weighted by atomic mass is 16.5. The Morgan fingerprint density at radius 2 is 1.96 bits per heavy atom. The monoisotopic (exact) mass is 358 g/mol. The molecule has 9 nitrogen and oxygen atoms in total. The van der Waals surface area contributed by atoms with E-state index < -0.39 is 0 Å². The second-order valence-electron chi connectivity index (χ2n) is 5.75. The lowest BCUT2D eigenvalue weighted by Crippen LogP contribution is -2.23. The third-order valence-electron chi connectivity index (χ3n) is 3.84. The number of ketones is 1. The first-order valence-corrected chi connectivity index (χ1v) is 8.17. The van der Waals surface area contributed by atoms with Crippen LogP contribution in [0.25, 0.3) is 5.69 Å². The van der Waals surface area contributed by atoms with Gasteiger partial charge in [0.25, 0.3) is 0 Å². The van der Waals surface area contributed by atoms with Crippen molar-refractivity contribution in [2.75, 3.05) is 0 Å². The predicted molar refractivity (Wildman–Crippen MR) is 97.6 cm³/mol. The number of carbonyl (C=O) groups is 1. The summed E-state index contributed by atoms with van der Waals surface area (Å²) >= 11 is 0. The predicted octanol–water partition coefficient (Wildman–Crippen LogP) is 1.56. The van der Waals surface area contributed by atoms with Gasteiger partial charge in [0, 0.05) is 26.0 Å². The van der Waals surface area contributed by atoms with Crippen LogP contribution in [0.15, 0.2) is 33.2 Å². The van der Waals surface area contributed by atoms with Crippen LogP contribution in [-0.2, 0) is 23.2 Å². The Morgan fingerprint density at radius 1 is 1.23 bits per heavy atom. The number of aryl methyl sites for hydroxylation is 2. The van der Waals surface area contributed by atoms with Crippen LogP contribution in [0.4, 0.5) is 0 Å². The summed E-state index contributed by atoms with van der Waals surface area (Å²) in [6.07, 6.45) is 0.515. The summed E-state index contributed by atoms with van der Waals surface area (Å²) in [5, 5.41) is 15.5. The number of aromatic nitrogens is 4. The molecule has 0 amide bonds. The molecule has 2 rings (SSSR count). The number of ether oxygens (including phenoxy) is 1. The van der Waals surface area contributed by atoms with Crippen LogP contribution in [0.1, 0.15) is 38.3 Å². The average Bonchev–Trinajstić information content (AvgIpc) is 2.94. The SMILES string of the molecule is CC/C(=N\N=C(C)C(C)=O)OCc1c(C)cccc1-n1nnn(C)c1=O. The Bertz CT molecular complexity index is 923. The number of nitrogens with zero attached hydrogens (tertiary/aromatic N) is 6. The summed E-state index contributed by atoms with van der Waals surface area (Å²) in [5.41, 5.74) is 2.30. The molecule has 0 bridgehead atoms. The van der Waals surface area contributed by atoms with E-state index in [1.807, 2.05) is 26.0 Å². The van der Waals surface area contributed by atoms with E-state index in [-0.39, 0.29) is 18.1 Å². The second kappa shape index (κ2) is 8.32. The van der Waals surface area contributed by atoms with Gasteiger partial charge in [0.05, 0.1) is 5.69 Å². The molecular weight excluding hydrogens is 336 g/mol. The van der Waals surface area contributed by atoms with Gasteiger partial charge in [0.2, 0.25) is 5.90 Å². The Balaban J connectivity index is 2.31. The Labute approximate surface area is 151 Å². The first kappa shape index (κ1) is 19.2. The number of carbonyl (C=O) groups excluding carboxylic acids is 1.